The quantitative estimate of drug-likeness (QED) is 0.773. The minimum absolute atomic E-state index is 0. The minimum Gasteiger partial charge on any atom is -0.334 e. The highest BCUT2D eigenvalue weighted by atomic mass is 35.5. The van der Waals surface area contributed by atoms with Crippen molar-refractivity contribution >= 4 is 12.4 Å². The van der Waals surface area contributed by atoms with Crippen molar-refractivity contribution < 1.29 is 4.52 Å². The SMILES string of the molecule is CNC(C)Cc1noc(-c2ccc(-n3cnnc3)cc2)n1.Cl. The van der Waals surface area contributed by atoms with Gasteiger partial charge in [-0.05, 0) is 38.2 Å². The van der Waals surface area contributed by atoms with Gasteiger partial charge in [0.25, 0.3) is 5.89 Å². The van der Waals surface area contributed by atoms with E-state index >= 15 is 0 Å². The van der Waals surface area contributed by atoms with Crippen LogP contribution in [0.25, 0.3) is 17.1 Å². The smallest absolute Gasteiger partial charge is 0.257 e. The Balaban J connectivity index is 0.00000176. The molecule has 22 heavy (non-hydrogen) atoms. The van der Waals surface area contributed by atoms with E-state index in [0.717, 1.165) is 17.7 Å². The van der Waals surface area contributed by atoms with Crippen molar-refractivity contribution in [3.05, 3.63) is 42.7 Å². The molecule has 0 radical (unpaired) electrons. The fourth-order valence-corrected chi connectivity index (χ4v) is 1.94. The van der Waals surface area contributed by atoms with Gasteiger partial charge in [0, 0.05) is 23.7 Å². The van der Waals surface area contributed by atoms with Crippen LogP contribution in [-0.2, 0) is 6.42 Å². The summed E-state index contributed by atoms with van der Waals surface area (Å²) in [6.45, 7) is 2.07. The largest absolute Gasteiger partial charge is 0.334 e. The zero-order chi connectivity index (χ0) is 14.7. The highest BCUT2D eigenvalue weighted by Gasteiger charge is 2.11. The molecule has 8 heteroatoms. The maximum Gasteiger partial charge on any atom is 0.257 e. The fourth-order valence-electron chi connectivity index (χ4n) is 1.94. The number of halogens is 1. The van der Waals surface area contributed by atoms with Gasteiger partial charge >= 0.3 is 0 Å². The first-order chi connectivity index (χ1) is 10.3. The Morgan fingerprint density at radius 2 is 1.86 bits per heavy atom. The van der Waals surface area contributed by atoms with Crippen LogP contribution in [0.3, 0.4) is 0 Å². The molecule has 7 nitrogen and oxygen atoms in total. The van der Waals surface area contributed by atoms with E-state index in [0.29, 0.717) is 17.8 Å². The summed E-state index contributed by atoms with van der Waals surface area (Å²) < 4.78 is 7.14. The predicted octanol–water partition coefficient (Wildman–Crippen LogP) is 1.89. The summed E-state index contributed by atoms with van der Waals surface area (Å²) in [5, 5.41) is 14.7. The van der Waals surface area contributed by atoms with E-state index in [-0.39, 0.29) is 12.4 Å². The summed E-state index contributed by atoms with van der Waals surface area (Å²) in [6, 6.07) is 8.10. The normalized spacial score (nSPS) is 11.9. The van der Waals surface area contributed by atoms with Crippen molar-refractivity contribution in [3.63, 3.8) is 0 Å². The van der Waals surface area contributed by atoms with Gasteiger partial charge in [-0.2, -0.15) is 4.98 Å². The first kappa shape index (κ1) is 16.1. The van der Waals surface area contributed by atoms with Gasteiger partial charge in [0.05, 0.1) is 0 Å². The summed E-state index contributed by atoms with van der Waals surface area (Å²) in [6.07, 6.45) is 4.04. The lowest BCUT2D eigenvalue weighted by molar-refractivity contribution is 0.418. The number of benzene rings is 1. The average molecular weight is 321 g/mol. The second-order valence-electron chi connectivity index (χ2n) is 4.83. The molecule has 0 aliphatic heterocycles. The van der Waals surface area contributed by atoms with Crippen molar-refractivity contribution in [1.82, 2.24) is 30.2 Å². The number of likely N-dealkylation sites (N-methyl/N-ethyl adjacent to an activating group) is 1. The van der Waals surface area contributed by atoms with Gasteiger partial charge in [0.2, 0.25) is 0 Å². The van der Waals surface area contributed by atoms with Gasteiger partial charge in [-0.15, -0.1) is 22.6 Å². The topological polar surface area (TPSA) is 81.7 Å². The van der Waals surface area contributed by atoms with Crippen LogP contribution in [0.1, 0.15) is 12.7 Å². The third-order valence-corrected chi connectivity index (χ3v) is 3.28. The molecule has 116 valence electrons. The number of nitrogens with one attached hydrogen (secondary N) is 1. The third-order valence-electron chi connectivity index (χ3n) is 3.28. The Morgan fingerprint density at radius 3 is 2.50 bits per heavy atom. The Labute approximate surface area is 134 Å². The van der Waals surface area contributed by atoms with Gasteiger partial charge in [-0.3, -0.25) is 4.57 Å². The third kappa shape index (κ3) is 3.49. The molecule has 3 aromatic rings. The lowest BCUT2D eigenvalue weighted by atomic mass is 10.2. The van der Waals surface area contributed by atoms with E-state index < -0.39 is 0 Å². The summed E-state index contributed by atoms with van der Waals surface area (Å²) >= 11 is 0. The monoisotopic (exact) mass is 320 g/mol. The van der Waals surface area contributed by atoms with Crippen LogP contribution in [-0.4, -0.2) is 38.0 Å². The molecule has 0 saturated heterocycles. The summed E-state index contributed by atoms with van der Waals surface area (Å²) in [5.41, 5.74) is 1.87. The fraction of sp³-hybridized carbons (Fsp3) is 0.286. The van der Waals surface area contributed by atoms with Gasteiger partial charge in [-0.1, -0.05) is 5.16 Å². The molecular formula is C14H17ClN6O. The van der Waals surface area contributed by atoms with Crippen LogP contribution < -0.4 is 5.32 Å². The molecule has 0 aliphatic rings. The number of hydrogen-bond acceptors (Lipinski definition) is 6. The van der Waals surface area contributed by atoms with Gasteiger partial charge in [0.1, 0.15) is 12.7 Å². The van der Waals surface area contributed by atoms with E-state index in [1.807, 2.05) is 35.9 Å². The number of hydrogen-bond donors (Lipinski definition) is 1. The van der Waals surface area contributed by atoms with Crippen LogP contribution >= 0.6 is 12.4 Å². The Morgan fingerprint density at radius 1 is 1.18 bits per heavy atom. The standard InChI is InChI=1S/C14H16N6O.ClH/c1-10(15-2)7-13-18-14(21-19-13)11-3-5-12(6-4-11)20-8-16-17-9-20;/h3-6,8-10,15H,7H2,1-2H3;1H. The molecule has 2 aromatic heterocycles. The van der Waals surface area contributed by atoms with Crippen molar-refractivity contribution in [2.45, 2.75) is 19.4 Å². The molecule has 1 unspecified atom stereocenters. The van der Waals surface area contributed by atoms with Crippen molar-refractivity contribution in [3.8, 4) is 17.1 Å². The lowest BCUT2D eigenvalue weighted by Crippen LogP contribution is -2.24. The molecule has 0 spiro atoms. The molecule has 1 atom stereocenters. The van der Waals surface area contributed by atoms with Crippen molar-refractivity contribution in [2.24, 2.45) is 0 Å². The molecular weight excluding hydrogens is 304 g/mol. The van der Waals surface area contributed by atoms with Crippen LogP contribution in [0, 0.1) is 0 Å². The van der Waals surface area contributed by atoms with E-state index in [2.05, 4.69) is 32.6 Å². The van der Waals surface area contributed by atoms with E-state index in [9.17, 15) is 0 Å². The highest BCUT2D eigenvalue weighted by molar-refractivity contribution is 5.85. The molecule has 1 aromatic carbocycles. The van der Waals surface area contributed by atoms with Crippen LogP contribution in [0.15, 0.2) is 41.4 Å². The lowest BCUT2D eigenvalue weighted by Gasteiger charge is -2.04. The Kier molecular flexibility index (Phi) is 5.24. The first-order valence-electron chi connectivity index (χ1n) is 6.71. The maximum atomic E-state index is 5.31. The second kappa shape index (κ2) is 7.15. The Bertz CT molecular complexity index is 694. The average Bonchev–Trinajstić information content (AvgIpc) is 3.19. The van der Waals surface area contributed by atoms with Crippen molar-refractivity contribution in [1.29, 1.82) is 0 Å². The molecule has 0 amide bonds. The van der Waals surface area contributed by atoms with Gasteiger partial charge in [-0.25, -0.2) is 0 Å². The van der Waals surface area contributed by atoms with E-state index in [4.69, 9.17) is 4.52 Å². The van der Waals surface area contributed by atoms with E-state index in [1.165, 1.54) is 0 Å². The molecule has 0 fully saturated rings. The zero-order valence-corrected chi connectivity index (χ0v) is 13.1. The number of nitrogens with zero attached hydrogens (tertiary/aromatic N) is 5. The van der Waals surface area contributed by atoms with Gasteiger partial charge < -0.3 is 9.84 Å². The van der Waals surface area contributed by atoms with Crippen LogP contribution in [0.4, 0.5) is 0 Å². The molecule has 2 heterocycles. The van der Waals surface area contributed by atoms with Crippen LogP contribution in [0.5, 0.6) is 0 Å². The van der Waals surface area contributed by atoms with E-state index in [1.54, 1.807) is 12.7 Å². The van der Waals surface area contributed by atoms with Crippen molar-refractivity contribution in [2.75, 3.05) is 7.05 Å². The minimum atomic E-state index is 0. The highest BCUT2D eigenvalue weighted by Crippen LogP contribution is 2.19. The van der Waals surface area contributed by atoms with Gasteiger partial charge in [0.15, 0.2) is 5.82 Å². The molecule has 3 rings (SSSR count). The summed E-state index contributed by atoms with van der Waals surface area (Å²) in [4.78, 5) is 4.41. The molecule has 0 aliphatic carbocycles. The predicted molar refractivity (Wildman–Crippen MR) is 84.1 cm³/mol. The summed E-state index contributed by atoms with van der Waals surface area (Å²) in [5.74, 6) is 1.23. The zero-order valence-electron chi connectivity index (χ0n) is 12.3. The second-order valence-corrected chi connectivity index (χ2v) is 4.83. The molecule has 1 N–H and O–H groups in total. The first-order valence-corrected chi connectivity index (χ1v) is 6.71. The summed E-state index contributed by atoms with van der Waals surface area (Å²) in [7, 11) is 1.91. The van der Waals surface area contributed by atoms with Crippen LogP contribution in [0.2, 0.25) is 0 Å². The maximum absolute atomic E-state index is 5.31. The molecule has 0 bridgehead atoms. The number of rotatable bonds is 5. The number of aromatic nitrogens is 5. The molecule has 0 saturated carbocycles. The Hall–Kier alpha value is -2.25.